The Hall–Kier alpha value is -1.86. The number of anilines is 1. The van der Waals surface area contributed by atoms with Crippen molar-refractivity contribution in [3.05, 3.63) is 42.1 Å². The van der Waals surface area contributed by atoms with Crippen LogP contribution in [0.4, 0.5) is 5.69 Å². The number of hydrogen-bond acceptors (Lipinski definition) is 4. The van der Waals surface area contributed by atoms with Crippen LogP contribution >= 0.6 is 0 Å². The fourth-order valence-corrected chi connectivity index (χ4v) is 4.00. The van der Waals surface area contributed by atoms with Gasteiger partial charge in [0.25, 0.3) is 10.0 Å². The Balaban J connectivity index is 2.09. The van der Waals surface area contributed by atoms with Gasteiger partial charge in [-0.2, -0.15) is 13.5 Å². The summed E-state index contributed by atoms with van der Waals surface area (Å²) in [6.45, 7) is 0.448. The highest BCUT2D eigenvalue weighted by molar-refractivity contribution is 7.92. The molecule has 0 bridgehead atoms. The summed E-state index contributed by atoms with van der Waals surface area (Å²) in [5.41, 5.74) is 1.73. The minimum Gasteiger partial charge on any atom is -0.313 e. The molecule has 1 aromatic heterocycles. The Kier molecular flexibility index (Phi) is 3.23. The van der Waals surface area contributed by atoms with Gasteiger partial charge in [-0.15, -0.1) is 0 Å². The molecule has 0 radical (unpaired) electrons. The first kappa shape index (κ1) is 13.1. The predicted octanol–water partition coefficient (Wildman–Crippen LogP) is 1.27. The molecule has 20 heavy (non-hydrogen) atoms. The van der Waals surface area contributed by atoms with Crippen molar-refractivity contribution in [2.45, 2.75) is 17.5 Å². The summed E-state index contributed by atoms with van der Waals surface area (Å²) in [4.78, 5) is 0. The second kappa shape index (κ2) is 4.92. The molecule has 0 spiro atoms. The SMILES string of the molecule is CNC1CCN(S(=O)(=O)c2ccn[nH]2)c2ccccc21. The van der Waals surface area contributed by atoms with Gasteiger partial charge in [0.05, 0.1) is 11.9 Å². The zero-order valence-electron chi connectivity index (χ0n) is 11.1. The standard InChI is InChI=1S/C13H16N4O2S/c1-14-11-7-9-17(12-5-3-2-4-10(11)12)20(18,19)13-6-8-15-16-13/h2-6,8,11,14H,7,9H2,1H3,(H,15,16). The van der Waals surface area contributed by atoms with Crippen LogP contribution in [0.5, 0.6) is 0 Å². The molecular weight excluding hydrogens is 276 g/mol. The average Bonchev–Trinajstić information content (AvgIpc) is 3.01. The summed E-state index contributed by atoms with van der Waals surface area (Å²) < 4.78 is 26.7. The summed E-state index contributed by atoms with van der Waals surface area (Å²) in [5.74, 6) is 0. The molecular formula is C13H16N4O2S. The molecule has 0 fully saturated rings. The van der Waals surface area contributed by atoms with Crippen molar-refractivity contribution in [2.24, 2.45) is 0 Å². The van der Waals surface area contributed by atoms with Gasteiger partial charge >= 0.3 is 0 Å². The third-order valence-corrected chi connectivity index (χ3v) is 5.34. The van der Waals surface area contributed by atoms with E-state index < -0.39 is 10.0 Å². The van der Waals surface area contributed by atoms with Crippen LogP contribution in [0.15, 0.2) is 41.6 Å². The second-order valence-corrected chi connectivity index (χ2v) is 6.52. The van der Waals surface area contributed by atoms with Gasteiger partial charge in [-0.3, -0.25) is 9.40 Å². The summed E-state index contributed by atoms with van der Waals surface area (Å²) in [6.07, 6.45) is 2.18. The van der Waals surface area contributed by atoms with Crippen molar-refractivity contribution >= 4 is 15.7 Å². The van der Waals surface area contributed by atoms with Crippen molar-refractivity contribution < 1.29 is 8.42 Å². The van der Waals surface area contributed by atoms with Crippen LogP contribution < -0.4 is 9.62 Å². The molecule has 0 aliphatic carbocycles. The molecule has 1 aliphatic heterocycles. The number of nitrogens with one attached hydrogen (secondary N) is 2. The maximum atomic E-state index is 12.6. The number of fused-ring (bicyclic) bond motifs is 1. The highest BCUT2D eigenvalue weighted by atomic mass is 32.2. The molecule has 7 heteroatoms. The van der Waals surface area contributed by atoms with Gasteiger partial charge in [-0.05, 0) is 31.2 Å². The molecule has 2 aromatic rings. The van der Waals surface area contributed by atoms with E-state index in [0.29, 0.717) is 6.54 Å². The van der Waals surface area contributed by atoms with E-state index in [1.165, 1.54) is 16.6 Å². The minimum absolute atomic E-state index is 0.121. The van der Waals surface area contributed by atoms with Gasteiger partial charge < -0.3 is 5.32 Å². The van der Waals surface area contributed by atoms with E-state index in [2.05, 4.69) is 15.5 Å². The van der Waals surface area contributed by atoms with Gasteiger partial charge in [0, 0.05) is 12.6 Å². The molecule has 106 valence electrons. The third kappa shape index (κ3) is 1.99. The average molecular weight is 292 g/mol. The Morgan fingerprint density at radius 1 is 1.35 bits per heavy atom. The number of hydrogen-bond donors (Lipinski definition) is 2. The predicted molar refractivity (Wildman–Crippen MR) is 76.0 cm³/mol. The first-order valence-electron chi connectivity index (χ1n) is 6.43. The van der Waals surface area contributed by atoms with Gasteiger partial charge in [-0.25, -0.2) is 0 Å². The van der Waals surface area contributed by atoms with Crippen LogP contribution in [-0.2, 0) is 10.0 Å². The van der Waals surface area contributed by atoms with E-state index in [0.717, 1.165) is 17.7 Å². The summed E-state index contributed by atoms with van der Waals surface area (Å²) in [5, 5.41) is 9.61. The number of H-pyrrole nitrogens is 1. The number of nitrogens with zero attached hydrogens (tertiary/aromatic N) is 2. The van der Waals surface area contributed by atoms with Crippen LogP contribution in [0.2, 0.25) is 0 Å². The molecule has 0 saturated carbocycles. The van der Waals surface area contributed by atoms with E-state index >= 15 is 0 Å². The van der Waals surface area contributed by atoms with E-state index in [1.807, 2.05) is 31.3 Å². The van der Waals surface area contributed by atoms with Gasteiger partial charge in [0.2, 0.25) is 0 Å². The van der Waals surface area contributed by atoms with Crippen molar-refractivity contribution in [1.29, 1.82) is 0 Å². The molecule has 6 nitrogen and oxygen atoms in total. The molecule has 1 unspecified atom stereocenters. The third-order valence-electron chi connectivity index (χ3n) is 3.59. The van der Waals surface area contributed by atoms with Gasteiger partial charge in [0.15, 0.2) is 5.03 Å². The van der Waals surface area contributed by atoms with Crippen molar-refractivity contribution in [3.8, 4) is 0 Å². The van der Waals surface area contributed by atoms with Crippen molar-refractivity contribution in [2.75, 3.05) is 17.9 Å². The molecule has 0 amide bonds. The molecule has 1 aliphatic rings. The first-order chi connectivity index (χ1) is 9.64. The normalized spacial score (nSPS) is 18.9. The lowest BCUT2D eigenvalue weighted by molar-refractivity contribution is 0.527. The lowest BCUT2D eigenvalue weighted by atomic mass is 9.98. The quantitative estimate of drug-likeness (QED) is 0.893. The Bertz CT molecular complexity index is 697. The van der Waals surface area contributed by atoms with E-state index in [-0.39, 0.29) is 11.1 Å². The molecule has 3 rings (SSSR count). The fraction of sp³-hybridized carbons (Fsp3) is 0.308. The highest BCUT2D eigenvalue weighted by Crippen LogP contribution is 2.36. The molecule has 2 N–H and O–H groups in total. The lowest BCUT2D eigenvalue weighted by Gasteiger charge is -2.34. The van der Waals surface area contributed by atoms with E-state index in [1.54, 1.807) is 0 Å². The molecule has 0 saturated heterocycles. The van der Waals surface area contributed by atoms with Crippen LogP contribution in [0, 0.1) is 0 Å². The molecule has 2 heterocycles. The number of benzene rings is 1. The lowest BCUT2D eigenvalue weighted by Crippen LogP contribution is -2.39. The minimum atomic E-state index is -3.58. The summed E-state index contributed by atoms with van der Waals surface area (Å²) in [6, 6.07) is 9.24. The number of aromatic amines is 1. The molecule has 1 atom stereocenters. The first-order valence-corrected chi connectivity index (χ1v) is 7.87. The zero-order chi connectivity index (χ0) is 14.2. The fourth-order valence-electron chi connectivity index (χ4n) is 2.59. The number of aromatic nitrogens is 2. The van der Waals surface area contributed by atoms with E-state index in [4.69, 9.17) is 0 Å². The summed E-state index contributed by atoms with van der Waals surface area (Å²) in [7, 11) is -1.69. The van der Waals surface area contributed by atoms with E-state index in [9.17, 15) is 8.42 Å². The van der Waals surface area contributed by atoms with Crippen molar-refractivity contribution in [3.63, 3.8) is 0 Å². The van der Waals surface area contributed by atoms with Crippen LogP contribution in [0.25, 0.3) is 0 Å². The highest BCUT2D eigenvalue weighted by Gasteiger charge is 2.32. The largest absolute Gasteiger partial charge is 0.313 e. The van der Waals surface area contributed by atoms with Gasteiger partial charge in [-0.1, -0.05) is 18.2 Å². The Morgan fingerprint density at radius 2 is 2.15 bits per heavy atom. The van der Waals surface area contributed by atoms with Crippen LogP contribution in [0.3, 0.4) is 0 Å². The number of sulfonamides is 1. The summed E-state index contributed by atoms with van der Waals surface area (Å²) >= 11 is 0. The van der Waals surface area contributed by atoms with Crippen molar-refractivity contribution in [1.82, 2.24) is 15.5 Å². The zero-order valence-corrected chi connectivity index (χ0v) is 11.9. The number of rotatable bonds is 3. The number of para-hydroxylation sites is 1. The van der Waals surface area contributed by atoms with Crippen LogP contribution in [-0.4, -0.2) is 32.2 Å². The molecule has 1 aromatic carbocycles. The smallest absolute Gasteiger partial charge is 0.281 e. The van der Waals surface area contributed by atoms with Gasteiger partial charge in [0.1, 0.15) is 0 Å². The maximum Gasteiger partial charge on any atom is 0.281 e. The maximum absolute atomic E-state index is 12.6. The van der Waals surface area contributed by atoms with Crippen LogP contribution in [0.1, 0.15) is 18.0 Å². The topological polar surface area (TPSA) is 78.1 Å². The second-order valence-electron chi connectivity index (χ2n) is 4.69. The Morgan fingerprint density at radius 3 is 2.85 bits per heavy atom. The monoisotopic (exact) mass is 292 g/mol. The Labute approximate surface area is 117 Å².